The number of amides is 1. The standard InChI is InChI=1S/C30H28FN3O4S/c1-2-34-29-12-11-24(39(36,37)33-13-15-38-16-14-33)18-26(29)27(30(34)35)17-22-20-32(28-6-4-3-5-25(22)28)19-21-7-9-23(31)10-8-21/h3-12,17-18,20H,2,13-16,19H2,1H3/b27-17-. The minimum absolute atomic E-state index is 0.163. The molecular formula is C30H28FN3O4S. The normalized spacial score (nSPS) is 17.3. The number of hydrogen-bond acceptors (Lipinski definition) is 4. The maximum Gasteiger partial charge on any atom is 0.258 e. The number of carbonyl (C=O) groups excluding carboxylic acids is 1. The minimum atomic E-state index is -3.72. The van der Waals surface area contributed by atoms with Gasteiger partial charge in [-0.25, -0.2) is 12.8 Å². The van der Waals surface area contributed by atoms with E-state index < -0.39 is 10.0 Å². The van der Waals surface area contributed by atoms with E-state index in [4.69, 9.17) is 4.74 Å². The van der Waals surface area contributed by atoms with Crippen LogP contribution in [0, 0.1) is 5.82 Å². The van der Waals surface area contributed by atoms with Crippen LogP contribution in [0.2, 0.25) is 0 Å². The summed E-state index contributed by atoms with van der Waals surface area (Å²) >= 11 is 0. The van der Waals surface area contributed by atoms with E-state index in [1.165, 1.54) is 16.4 Å². The zero-order valence-corrected chi connectivity index (χ0v) is 22.3. The molecule has 1 saturated heterocycles. The van der Waals surface area contributed by atoms with Crippen molar-refractivity contribution in [1.82, 2.24) is 8.87 Å². The highest BCUT2D eigenvalue weighted by Gasteiger charge is 2.34. The summed E-state index contributed by atoms with van der Waals surface area (Å²) in [5.74, 6) is -0.445. The molecular weight excluding hydrogens is 517 g/mol. The monoisotopic (exact) mass is 545 g/mol. The molecule has 0 bridgehead atoms. The topological polar surface area (TPSA) is 71.9 Å². The van der Waals surface area contributed by atoms with Gasteiger partial charge < -0.3 is 14.2 Å². The number of rotatable bonds is 6. The van der Waals surface area contributed by atoms with Gasteiger partial charge in [0.2, 0.25) is 10.0 Å². The molecule has 4 aromatic rings. The van der Waals surface area contributed by atoms with Gasteiger partial charge in [0.05, 0.1) is 23.8 Å². The van der Waals surface area contributed by atoms with Crippen molar-refractivity contribution in [2.24, 2.45) is 0 Å². The Bertz CT molecular complexity index is 1700. The Morgan fingerprint density at radius 3 is 2.49 bits per heavy atom. The number of morpholine rings is 1. The Kier molecular flexibility index (Phi) is 6.58. The maximum atomic E-state index is 13.6. The van der Waals surface area contributed by atoms with Gasteiger partial charge in [-0.2, -0.15) is 4.31 Å². The van der Waals surface area contributed by atoms with Gasteiger partial charge in [-0.3, -0.25) is 4.79 Å². The highest BCUT2D eigenvalue weighted by molar-refractivity contribution is 7.89. The first-order valence-corrected chi connectivity index (χ1v) is 14.4. The molecule has 200 valence electrons. The lowest BCUT2D eigenvalue weighted by Crippen LogP contribution is -2.40. The van der Waals surface area contributed by atoms with Crippen LogP contribution >= 0.6 is 0 Å². The van der Waals surface area contributed by atoms with Gasteiger partial charge in [0.15, 0.2) is 0 Å². The third-order valence-electron chi connectivity index (χ3n) is 7.33. The zero-order chi connectivity index (χ0) is 27.1. The lowest BCUT2D eigenvalue weighted by atomic mass is 10.0. The van der Waals surface area contributed by atoms with E-state index in [9.17, 15) is 17.6 Å². The number of likely N-dealkylation sites (N-methyl/N-ethyl adjacent to an activating group) is 1. The van der Waals surface area contributed by atoms with Gasteiger partial charge in [0.25, 0.3) is 5.91 Å². The first-order chi connectivity index (χ1) is 18.9. The molecule has 1 amide bonds. The number of aromatic nitrogens is 1. The van der Waals surface area contributed by atoms with Gasteiger partial charge in [-0.05, 0) is 55.0 Å². The molecule has 0 aliphatic carbocycles. The molecule has 3 aromatic carbocycles. The summed E-state index contributed by atoms with van der Waals surface area (Å²) in [7, 11) is -3.72. The van der Waals surface area contributed by atoms with E-state index >= 15 is 0 Å². The number of nitrogens with zero attached hydrogens (tertiary/aromatic N) is 3. The molecule has 2 aliphatic rings. The molecule has 9 heteroatoms. The van der Waals surface area contributed by atoms with E-state index in [0.717, 1.165) is 22.0 Å². The number of fused-ring (bicyclic) bond motifs is 2. The molecule has 0 N–H and O–H groups in total. The fourth-order valence-corrected chi connectivity index (χ4v) is 6.78. The van der Waals surface area contributed by atoms with Gasteiger partial charge >= 0.3 is 0 Å². The van der Waals surface area contributed by atoms with Gasteiger partial charge in [-0.1, -0.05) is 30.3 Å². The van der Waals surface area contributed by atoms with E-state index in [-0.39, 0.29) is 16.6 Å². The summed E-state index contributed by atoms with van der Waals surface area (Å²) in [5.41, 5.74) is 4.54. The fraction of sp³-hybridized carbons (Fsp3) is 0.233. The number of ether oxygens (including phenoxy) is 1. The summed E-state index contributed by atoms with van der Waals surface area (Å²) in [4.78, 5) is 15.4. The predicted octanol–water partition coefficient (Wildman–Crippen LogP) is 4.76. The van der Waals surface area contributed by atoms with Crippen molar-refractivity contribution in [3.63, 3.8) is 0 Å². The van der Waals surface area contributed by atoms with Crippen LogP contribution in [0.1, 0.15) is 23.6 Å². The molecule has 1 aromatic heterocycles. The minimum Gasteiger partial charge on any atom is -0.379 e. The van der Waals surface area contributed by atoms with Crippen LogP contribution in [0.3, 0.4) is 0 Å². The van der Waals surface area contributed by atoms with Crippen LogP contribution in [-0.2, 0) is 26.1 Å². The summed E-state index contributed by atoms with van der Waals surface area (Å²) in [6.07, 6.45) is 3.84. The summed E-state index contributed by atoms with van der Waals surface area (Å²) in [6, 6.07) is 19.2. The molecule has 1 fully saturated rings. The van der Waals surface area contributed by atoms with Crippen LogP contribution in [0.4, 0.5) is 10.1 Å². The molecule has 2 aliphatic heterocycles. The van der Waals surface area contributed by atoms with Crippen LogP contribution < -0.4 is 4.90 Å². The number of carbonyl (C=O) groups is 1. The second-order valence-corrected chi connectivity index (χ2v) is 11.6. The van der Waals surface area contributed by atoms with Gasteiger partial charge in [-0.15, -0.1) is 0 Å². The second-order valence-electron chi connectivity index (χ2n) is 9.66. The SMILES string of the molecule is CCN1C(=O)/C(=C\c2cn(Cc3ccc(F)cc3)c3ccccc23)c2cc(S(=O)(=O)N3CCOCC3)ccc21. The van der Waals surface area contributed by atoms with Crippen molar-refractivity contribution < 1.29 is 22.3 Å². The number of para-hydroxylation sites is 1. The van der Waals surface area contributed by atoms with Crippen LogP contribution in [0.5, 0.6) is 0 Å². The van der Waals surface area contributed by atoms with Crippen molar-refractivity contribution in [2.45, 2.75) is 18.4 Å². The molecule has 0 spiro atoms. The predicted molar refractivity (Wildman–Crippen MR) is 149 cm³/mol. The largest absolute Gasteiger partial charge is 0.379 e. The van der Waals surface area contributed by atoms with Crippen LogP contribution in [0.15, 0.2) is 77.8 Å². The molecule has 39 heavy (non-hydrogen) atoms. The smallest absolute Gasteiger partial charge is 0.258 e. The molecule has 3 heterocycles. The molecule has 6 rings (SSSR count). The van der Waals surface area contributed by atoms with Crippen LogP contribution in [0.25, 0.3) is 22.6 Å². The van der Waals surface area contributed by atoms with Crippen molar-refractivity contribution in [2.75, 3.05) is 37.7 Å². The maximum absolute atomic E-state index is 13.6. The van der Waals surface area contributed by atoms with Crippen molar-refractivity contribution >= 4 is 44.2 Å². The van der Waals surface area contributed by atoms with E-state index in [1.807, 2.05) is 43.5 Å². The zero-order valence-electron chi connectivity index (χ0n) is 21.5. The quantitative estimate of drug-likeness (QED) is 0.328. The second kappa shape index (κ2) is 10.1. The average Bonchev–Trinajstić information content (AvgIpc) is 3.44. The van der Waals surface area contributed by atoms with Crippen molar-refractivity contribution in [1.29, 1.82) is 0 Å². The highest BCUT2D eigenvalue weighted by atomic mass is 32.2. The average molecular weight is 546 g/mol. The number of sulfonamides is 1. The first-order valence-electron chi connectivity index (χ1n) is 12.9. The summed E-state index contributed by atoms with van der Waals surface area (Å²) in [6.45, 7) is 4.23. The molecule has 0 unspecified atom stereocenters. The number of hydrogen-bond donors (Lipinski definition) is 0. The Hall–Kier alpha value is -3.79. The highest BCUT2D eigenvalue weighted by Crippen LogP contribution is 2.40. The van der Waals surface area contributed by atoms with E-state index in [2.05, 4.69) is 4.57 Å². The third kappa shape index (κ3) is 4.56. The Morgan fingerprint density at radius 1 is 1.00 bits per heavy atom. The summed E-state index contributed by atoms with van der Waals surface area (Å²) in [5, 5.41) is 0.966. The van der Waals surface area contributed by atoms with Crippen molar-refractivity contribution in [3.05, 3.63) is 95.4 Å². The number of halogens is 1. The number of anilines is 1. The first kappa shape index (κ1) is 25.5. The lowest BCUT2D eigenvalue weighted by Gasteiger charge is -2.26. The molecule has 7 nitrogen and oxygen atoms in total. The molecule has 0 saturated carbocycles. The number of benzene rings is 3. The van der Waals surface area contributed by atoms with E-state index in [0.29, 0.717) is 56.2 Å². The molecule has 0 radical (unpaired) electrons. The summed E-state index contributed by atoms with van der Waals surface area (Å²) < 4.78 is 49.0. The Balaban J connectivity index is 1.44. The van der Waals surface area contributed by atoms with Gasteiger partial charge in [0.1, 0.15) is 5.82 Å². The van der Waals surface area contributed by atoms with Crippen LogP contribution in [-0.4, -0.2) is 56.0 Å². The van der Waals surface area contributed by atoms with Crippen molar-refractivity contribution in [3.8, 4) is 0 Å². The fourth-order valence-electron chi connectivity index (χ4n) is 5.35. The van der Waals surface area contributed by atoms with Gasteiger partial charge in [0, 0.05) is 60.0 Å². The Morgan fingerprint density at radius 2 is 1.74 bits per heavy atom. The lowest BCUT2D eigenvalue weighted by molar-refractivity contribution is -0.112. The Labute approximate surface area is 226 Å². The molecule has 0 atom stereocenters. The third-order valence-corrected chi connectivity index (χ3v) is 9.23. The van der Waals surface area contributed by atoms with E-state index in [1.54, 1.807) is 35.2 Å².